The van der Waals surface area contributed by atoms with E-state index in [4.69, 9.17) is 0 Å². The molecule has 0 fully saturated rings. The first-order chi connectivity index (χ1) is 6.60. The lowest BCUT2D eigenvalue weighted by molar-refractivity contribution is 0.448. The topological polar surface area (TPSA) is 54.9 Å². The van der Waals surface area contributed by atoms with E-state index in [1.54, 1.807) is 17.7 Å². The van der Waals surface area contributed by atoms with Crippen molar-refractivity contribution in [2.45, 2.75) is 39.7 Å². The predicted octanol–water partition coefficient (Wildman–Crippen LogP) is 1.21. The Labute approximate surface area is 82.6 Å². The van der Waals surface area contributed by atoms with Gasteiger partial charge in [-0.05, 0) is 19.8 Å². The molecule has 1 N–H and O–H groups in total. The number of rotatable bonds is 3. The molecule has 0 amide bonds. The highest BCUT2D eigenvalue weighted by atomic mass is 16.2. The summed E-state index contributed by atoms with van der Waals surface area (Å²) in [5.41, 5.74) is -0.0250. The fourth-order valence-corrected chi connectivity index (χ4v) is 1.54. The fraction of sp³-hybridized carbons (Fsp3) is 0.600. The van der Waals surface area contributed by atoms with Gasteiger partial charge in [-0.1, -0.05) is 13.8 Å². The Kier molecular flexibility index (Phi) is 3.28. The Hall–Kier alpha value is -1.32. The zero-order valence-electron chi connectivity index (χ0n) is 8.83. The molecule has 1 aromatic heterocycles. The van der Waals surface area contributed by atoms with Gasteiger partial charge in [0.25, 0.3) is 5.56 Å². The minimum Gasteiger partial charge on any atom is -0.297 e. The number of nitrogens with one attached hydrogen (secondary N) is 1. The molecule has 1 rings (SSSR count). The van der Waals surface area contributed by atoms with E-state index in [9.17, 15) is 9.59 Å². The third-order valence-corrected chi connectivity index (χ3v) is 2.48. The molecule has 0 saturated heterocycles. The molecule has 0 aromatic carbocycles. The summed E-state index contributed by atoms with van der Waals surface area (Å²) < 4.78 is 1.61. The molecule has 0 spiro atoms. The Morgan fingerprint density at radius 1 is 1.36 bits per heavy atom. The van der Waals surface area contributed by atoms with Gasteiger partial charge in [-0.2, -0.15) is 0 Å². The summed E-state index contributed by atoms with van der Waals surface area (Å²) in [7, 11) is 0. The van der Waals surface area contributed by atoms with Crippen LogP contribution in [0, 0.1) is 6.92 Å². The third kappa shape index (κ3) is 1.95. The summed E-state index contributed by atoms with van der Waals surface area (Å²) in [5, 5.41) is 0. The summed E-state index contributed by atoms with van der Waals surface area (Å²) in [6.45, 7) is 5.76. The second-order valence-corrected chi connectivity index (χ2v) is 3.45. The van der Waals surface area contributed by atoms with E-state index in [2.05, 4.69) is 4.98 Å². The van der Waals surface area contributed by atoms with Gasteiger partial charge in [-0.25, -0.2) is 4.79 Å². The molecule has 4 nitrogen and oxygen atoms in total. The number of nitrogens with zero attached hydrogens (tertiary/aromatic N) is 1. The lowest BCUT2D eigenvalue weighted by Gasteiger charge is -2.15. The van der Waals surface area contributed by atoms with Crippen LogP contribution in [0.3, 0.4) is 0 Å². The van der Waals surface area contributed by atoms with Crippen LogP contribution >= 0.6 is 0 Å². The zero-order valence-corrected chi connectivity index (χ0v) is 8.83. The van der Waals surface area contributed by atoms with Crippen molar-refractivity contribution in [2.24, 2.45) is 0 Å². The molecule has 0 radical (unpaired) electrons. The second-order valence-electron chi connectivity index (χ2n) is 3.45. The molecule has 1 aromatic rings. The average molecular weight is 196 g/mol. The standard InChI is InChI=1S/C10H16N2O2/c1-4-8(5-2)12-6-7(3)9(13)11-10(12)14/h6,8H,4-5H2,1-3H3,(H,11,13,14). The van der Waals surface area contributed by atoms with Crippen LogP contribution in [0.5, 0.6) is 0 Å². The van der Waals surface area contributed by atoms with Crippen LogP contribution in [0.25, 0.3) is 0 Å². The van der Waals surface area contributed by atoms with Crippen molar-refractivity contribution in [3.63, 3.8) is 0 Å². The van der Waals surface area contributed by atoms with E-state index in [0.717, 1.165) is 12.8 Å². The van der Waals surface area contributed by atoms with Crippen LogP contribution in [-0.2, 0) is 0 Å². The van der Waals surface area contributed by atoms with Crippen molar-refractivity contribution in [1.29, 1.82) is 0 Å². The molecule has 1 heterocycles. The highest BCUT2D eigenvalue weighted by Gasteiger charge is 2.08. The first kappa shape index (κ1) is 10.8. The van der Waals surface area contributed by atoms with Gasteiger partial charge in [0.2, 0.25) is 0 Å². The van der Waals surface area contributed by atoms with E-state index in [0.29, 0.717) is 5.56 Å². The monoisotopic (exact) mass is 196 g/mol. The van der Waals surface area contributed by atoms with Gasteiger partial charge in [0.05, 0.1) is 0 Å². The molecule has 0 bridgehead atoms. The molecular weight excluding hydrogens is 180 g/mol. The van der Waals surface area contributed by atoms with Gasteiger partial charge in [0.1, 0.15) is 0 Å². The summed E-state index contributed by atoms with van der Waals surface area (Å²) in [4.78, 5) is 24.9. The lowest BCUT2D eigenvalue weighted by Crippen LogP contribution is -2.32. The van der Waals surface area contributed by atoms with Crippen molar-refractivity contribution >= 4 is 0 Å². The van der Waals surface area contributed by atoms with Gasteiger partial charge < -0.3 is 0 Å². The van der Waals surface area contributed by atoms with E-state index >= 15 is 0 Å². The van der Waals surface area contributed by atoms with Crippen LogP contribution in [0.2, 0.25) is 0 Å². The predicted molar refractivity (Wildman–Crippen MR) is 55.7 cm³/mol. The second kappa shape index (κ2) is 4.26. The van der Waals surface area contributed by atoms with Gasteiger partial charge in [-0.3, -0.25) is 14.3 Å². The van der Waals surface area contributed by atoms with Crippen molar-refractivity contribution < 1.29 is 0 Å². The highest BCUT2D eigenvalue weighted by molar-refractivity contribution is 5.01. The average Bonchev–Trinajstić information content (AvgIpc) is 2.15. The first-order valence-corrected chi connectivity index (χ1v) is 4.92. The highest BCUT2D eigenvalue weighted by Crippen LogP contribution is 2.11. The lowest BCUT2D eigenvalue weighted by atomic mass is 10.1. The van der Waals surface area contributed by atoms with Crippen LogP contribution in [-0.4, -0.2) is 9.55 Å². The van der Waals surface area contributed by atoms with Crippen molar-refractivity contribution in [2.75, 3.05) is 0 Å². The number of hydrogen-bond donors (Lipinski definition) is 1. The zero-order chi connectivity index (χ0) is 10.7. The SMILES string of the molecule is CCC(CC)n1cc(C)c(=O)[nH]c1=O. The Morgan fingerprint density at radius 3 is 2.43 bits per heavy atom. The van der Waals surface area contributed by atoms with Crippen LogP contribution in [0.4, 0.5) is 0 Å². The minimum atomic E-state index is -0.311. The molecule has 0 aliphatic carbocycles. The summed E-state index contributed by atoms with van der Waals surface area (Å²) in [6.07, 6.45) is 3.42. The number of aromatic amines is 1. The maximum Gasteiger partial charge on any atom is 0.328 e. The summed E-state index contributed by atoms with van der Waals surface area (Å²) in [5.74, 6) is 0. The first-order valence-electron chi connectivity index (χ1n) is 4.92. The van der Waals surface area contributed by atoms with Gasteiger partial charge in [0.15, 0.2) is 0 Å². The number of hydrogen-bond acceptors (Lipinski definition) is 2. The van der Waals surface area contributed by atoms with E-state index in [-0.39, 0.29) is 17.3 Å². The van der Waals surface area contributed by atoms with E-state index < -0.39 is 0 Å². The van der Waals surface area contributed by atoms with E-state index in [1.807, 2.05) is 13.8 Å². The molecule has 0 aliphatic heterocycles. The van der Waals surface area contributed by atoms with Gasteiger partial charge >= 0.3 is 5.69 Å². The molecular formula is C10H16N2O2. The number of aromatic nitrogens is 2. The van der Waals surface area contributed by atoms with Crippen LogP contribution in [0.15, 0.2) is 15.8 Å². The minimum absolute atomic E-state index is 0.179. The maximum atomic E-state index is 11.5. The van der Waals surface area contributed by atoms with Gasteiger partial charge in [-0.15, -0.1) is 0 Å². The van der Waals surface area contributed by atoms with Crippen LogP contribution in [0.1, 0.15) is 38.3 Å². The largest absolute Gasteiger partial charge is 0.328 e. The molecule has 78 valence electrons. The molecule has 0 unspecified atom stereocenters. The summed E-state index contributed by atoms with van der Waals surface area (Å²) >= 11 is 0. The molecule has 4 heteroatoms. The number of aryl methyl sites for hydroxylation is 1. The molecule has 14 heavy (non-hydrogen) atoms. The van der Waals surface area contributed by atoms with Crippen molar-refractivity contribution in [1.82, 2.24) is 9.55 Å². The van der Waals surface area contributed by atoms with Crippen molar-refractivity contribution in [3.8, 4) is 0 Å². The van der Waals surface area contributed by atoms with Crippen LogP contribution < -0.4 is 11.2 Å². The smallest absolute Gasteiger partial charge is 0.297 e. The Balaban J connectivity index is 3.28. The van der Waals surface area contributed by atoms with Gasteiger partial charge in [0, 0.05) is 17.8 Å². The fourth-order valence-electron chi connectivity index (χ4n) is 1.54. The van der Waals surface area contributed by atoms with Crippen molar-refractivity contribution in [3.05, 3.63) is 32.6 Å². The molecule has 0 saturated carbocycles. The Morgan fingerprint density at radius 2 is 1.93 bits per heavy atom. The number of H-pyrrole nitrogens is 1. The normalized spacial score (nSPS) is 10.9. The molecule has 0 aliphatic rings. The Bertz CT molecular complexity index is 413. The maximum absolute atomic E-state index is 11.5. The quantitative estimate of drug-likeness (QED) is 0.789. The molecule has 0 atom stereocenters. The third-order valence-electron chi connectivity index (χ3n) is 2.48. The summed E-state index contributed by atoms with van der Waals surface area (Å²) in [6, 6.07) is 0.179. The van der Waals surface area contributed by atoms with E-state index in [1.165, 1.54) is 0 Å².